The minimum Gasteiger partial charge on any atom is -0.484 e. The Balaban J connectivity index is 2.07. The lowest BCUT2D eigenvalue weighted by Crippen LogP contribution is -2.04. The number of nitrogens with two attached hydrogens (primary N) is 1. The zero-order chi connectivity index (χ0) is 14.0. The van der Waals surface area contributed by atoms with Gasteiger partial charge in [-0.1, -0.05) is 0 Å². The van der Waals surface area contributed by atoms with Crippen molar-refractivity contribution in [2.45, 2.75) is 33.4 Å². The molecule has 0 radical (unpaired) electrons. The number of rotatable bonds is 4. The molecule has 0 aliphatic rings. The molecule has 0 atom stereocenters. The first-order valence-electron chi connectivity index (χ1n) is 6.20. The quantitative estimate of drug-likeness (QED) is 0.862. The van der Waals surface area contributed by atoms with Crippen LogP contribution in [0.5, 0.6) is 5.75 Å². The van der Waals surface area contributed by atoms with Crippen LogP contribution in [0.15, 0.2) is 24.4 Å². The summed E-state index contributed by atoms with van der Waals surface area (Å²) in [6.07, 6.45) is 1.88. The van der Waals surface area contributed by atoms with Gasteiger partial charge < -0.3 is 10.5 Å². The number of anilines is 1. The van der Waals surface area contributed by atoms with Crippen LogP contribution in [-0.4, -0.2) is 9.78 Å². The SMILES string of the molecule is Cc1cc(OCc2ccn(C(C)C)n2)c(F)cc1N. The normalized spacial score (nSPS) is 11.0. The van der Waals surface area contributed by atoms with Crippen LogP contribution in [0.1, 0.15) is 31.1 Å². The largest absolute Gasteiger partial charge is 0.484 e. The van der Waals surface area contributed by atoms with Crippen molar-refractivity contribution in [1.82, 2.24) is 9.78 Å². The molecular formula is C14H18FN3O. The molecule has 0 saturated carbocycles. The van der Waals surface area contributed by atoms with E-state index in [2.05, 4.69) is 5.10 Å². The van der Waals surface area contributed by atoms with E-state index in [0.29, 0.717) is 11.7 Å². The van der Waals surface area contributed by atoms with E-state index in [0.717, 1.165) is 11.3 Å². The summed E-state index contributed by atoms with van der Waals surface area (Å²) < 4.78 is 20.9. The lowest BCUT2D eigenvalue weighted by Gasteiger charge is -2.08. The molecule has 2 N–H and O–H groups in total. The van der Waals surface area contributed by atoms with Crippen LogP contribution < -0.4 is 10.5 Å². The summed E-state index contributed by atoms with van der Waals surface area (Å²) in [4.78, 5) is 0. The van der Waals surface area contributed by atoms with E-state index in [-0.39, 0.29) is 12.4 Å². The zero-order valence-corrected chi connectivity index (χ0v) is 11.4. The molecule has 19 heavy (non-hydrogen) atoms. The first kappa shape index (κ1) is 13.4. The van der Waals surface area contributed by atoms with Crippen molar-refractivity contribution in [2.24, 2.45) is 0 Å². The molecular weight excluding hydrogens is 245 g/mol. The molecule has 1 aromatic heterocycles. The molecule has 0 fully saturated rings. The third-order valence-electron chi connectivity index (χ3n) is 2.89. The van der Waals surface area contributed by atoms with Crippen LogP contribution in [-0.2, 0) is 6.61 Å². The number of halogens is 1. The van der Waals surface area contributed by atoms with Gasteiger partial charge in [0.2, 0.25) is 0 Å². The Morgan fingerprint density at radius 1 is 1.42 bits per heavy atom. The third kappa shape index (κ3) is 3.05. The summed E-state index contributed by atoms with van der Waals surface area (Å²) in [5.41, 5.74) is 7.61. The fraction of sp³-hybridized carbons (Fsp3) is 0.357. The van der Waals surface area contributed by atoms with Crippen LogP contribution in [0.25, 0.3) is 0 Å². The molecule has 0 aliphatic heterocycles. The molecule has 0 bridgehead atoms. The van der Waals surface area contributed by atoms with E-state index in [1.54, 1.807) is 6.07 Å². The Kier molecular flexibility index (Phi) is 3.74. The lowest BCUT2D eigenvalue weighted by atomic mass is 10.2. The minimum absolute atomic E-state index is 0.200. The van der Waals surface area contributed by atoms with Crippen molar-refractivity contribution in [2.75, 3.05) is 5.73 Å². The fourth-order valence-electron chi connectivity index (χ4n) is 1.67. The van der Waals surface area contributed by atoms with Gasteiger partial charge in [-0.25, -0.2) is 4.39 Å². The summed E-state index contributed by atoms with van der Waals surface area (Å²) in [7, 11) is 0. The number of benzene rings is 1. The number of nitrogen functional groups attached to an aromatic ring is 1. The highest BCUT2D eigenvalue weighted by atomic mass is 19.1. The predicted octanol–water partition coefficient (Wildman–Crippen LogP) is 3.07. The molecule has 102 valence electrons. The second-order valence-corrected chi connectivity index (χ2v) is 4.81. The van der Waals surface area contributed by atoms with Gasteiger partial charge in [0, 0.05) is 24.0 Å². The average molecular weight is 263 g/mol. The highest BCUT2D eigenvalue weighted by Crippen LogP contribution is 2.24. The van der Waals surface area contributed by atoms with Crippen molar-refractivity contribution in [3.63, 3.8) is 0 Å². The Morgan fingerprint density at radius 2 is 2.16 bits per heavy atom. The minimum atomic E-state index is -0.452. The van der Waals surface area contributed by atoms with Gasteiger partial charge in [-0.15, -0.1) is 0 Å². The van der Waals surface area contributed by atoms with Crippen molar-refractivity contribution >= 4 is 5.69 Å². The molecule has 0 aliphatic carbocycles. The second kappa shape index (κ2) is 5.30. The van der Waals surface area contributed by atoms with Crippen molar-refractivity contribution < 1.29 is 9.13 Å². The van der Waals surface area contributed by atoms with E-state index in [1.165, 1.54) is 6.07 Å². The van der Waals surface area contributed by atoms with Gasteiger partial charge in [0.15, 0.2) is 11.6 Å². The van der Waals surface area contributed by atoms with Gasteiger partial charge in [-0.05, 0) is 38.5 Å². The van der Waals surface area contributed by atoms with Crippen LogP contribution >= 0.6 is 0 Å². The summed E-state index contributed by atoms with van der Waals surface area (Å²) in [5.74, 6) is -0.253. The maximum atomic E-state index is 13.6. The summed E-state index contributed by atoms with van der Waals surface area (Å²) in [6, 6.07) is 5.04. The molecule has 0 saturated heterocycles. The van der Waals surface area contributed by atoms with Gasteiger partial charge >= 0.3 is 0 Å². The zero-order valence-electron chi connectivity index (χ0n) is 11.4. The number of hydrogen-bond acceptors (Lipinski definition) is 3. The number of nitrogens with zero attached hydrogens (tertiary/aromatic N) is 2. The molecule has 2 aromatic rings. The Hall–Kier alpha value is -2.04. The van der Waals surface area contributed by atoms with Gasteiger partial charge in [-0.2, -0.15) is 5.10 Å². The molecule has 1 heterocycles. The van der Waals surface area contributed by atoms with Crippen LogP contribution in [0.4, 0.5) is 10.1 Å². The average Bonchev–Trinajstić information content (AvgIpc) is 2.81. The van der Waals surface area contributed by atoms with Gasteiger partial charge in [0.05, 0.1) is 5.69 Å². The Labute approximate surface area is 112 Å². The summed E-state index contributed by atoms with van der Waals surface area (Å²) in [5, 5.41) is 4.34. The fourth-order valence-corrected chi connectivity index (χ4v) is 1.67. The van der Waals surface area contributed by atoms with Crippen LogP contribution in [0.2, 0.25) is 0 Å². The van der Waals surface area contributed by atoms with Crippen molar-refractivity contribution in [3.05, 3.63) is 41.5 Å². The smallest absolute Gasteiger partial charge is 0.167 e. The monoisotopic (exact) mass is 263 g/mol. The van der Waals surface area contributed by atoms with E-state index in [9.17, 15) is 4.39 Å². The van der Waals surface area contributed by atoms with Crippen molar-refractivity contribution in [1.29, 1.82) is 0 Å². The van der Waals surface area contributed by atoms with E-state index in [4.69, 9.17) is 10.5 Å². The standard InChI is InChI=1S/C14H18FN3O/c1-9(2)18-5-4-11(17-18)8-19-14-6-10(3)13(16)7-12(14)15/h4-7,9H,8,16H2,1-3H3. The molecule has 0 unspecified atom stereocenters. The van der Waals surface area contributed by atoms with Crippen molar-refractivity contribution in [3.8, 4) is 5.75 Å². The summed E-state index contributed by atoms with van der Waals surface area (Å²) >= 11 is 0. The highest BCUT2D eigenvalue weighted by Gasteiger charge is 2.08. The first-order valence-corrected chi connectivity index (χ1v) is 6.20. The Bertz CT molecular complexity index is 578. The molecule has 0 spiro atoms. The molecule has 4 nitrogen and oxygen atoms in total. The van der Waals surface area contributed by atoms with Crippen LogP contribution in [0, 0.1) is 12.7 Å². The topological polar surface area (TPSA) is 53.1 Å². The van der Waals surface area contributed by atoms with E-state index >= 15 is 0 Å². The Morgan fingerprint density at radius 3 is 2.79 bits per heavy atom. The number of hydrogen-bond donors (Lipinski definition) is 1. The second-order valence-electron chi connectivity index (χ2n) is 4.81. The number of ether oxygens (including phenoxy) is 1. The van der Waals surface area contributed by atoms with E-state index in [1.807, 2.05) is 37.7 Å². The molecule has 0 amide bonds. The summed E-state index contributed by atoms with van der Waals surface area (Å²) in [6.45, 7) is 6.14. The number of aryl methyl sites for hydroxylation is 1. The number of aromatic nitrogens is 2. The van der Waals surface area contributed by atoms with Gasteiger partial charge in [0.25, 0.3) is 0 Å². The molecule has 1 aromatic carbocycles. The van der Waals surface area contributed by atoms with E-state index < -0.39 is 5.82 Å². The van der Waals surface area contributed by atoms with Crippen LogP contribution in [0.3, 0.4) is 0 Å². The third-order valence-corrected chi connectivity index (χ3v) is 2.89. The molecule has 2 rings (SSSR count). The first-order chi connectivity index (χ1) is 8.97. The molecule has 5 heteroatoms. The maximum absolute atomic E-state index is 13.6. The maximum Gasteiger partial charge on any atom is 0.167 e. The van der Waals surface area contributed by atoms with Gasteiger partial charge in [0.1, 0.15) is 6.61 Å². The van der Waals surface area contributed by atoms with Gasteiger partial charge in [-0.3, -0.25) is 4.68 Å². The predicted molar refractivity (Wildman–Crippen MR) is 72.5 cm³/mol. The lowest BCUT2D eigenvalue weighted by molar-refractivity contribution is 0.283. The highest BCUT2D eigenvalue weighted by molar-refractivity contribution is 5.50.